The molecule has 4 aromatic carbocycles. The Balaban J connectivity index is 0.000000183. The van der Waals surface area contributed by atoms with E-state index in [4.69, 9.17) is 0 Å². The third-order valence-corrected chi connectivity index (χ3v) is 12.8. The fraction of sp³-hybridized carbons (Fsp3) is 0.500. The first-order valence-electron chi connectivity index (χ1n) is 22.8. The lowest BCUT2D eigenvalue weighted by atomic mass is 9.87. The van der Waals surface area contributed by atoms with Crippen molar-refractivity contribution in [3.05, 3.63) is 131 Å². The van der Waals surface area contributed by atoms with E-state index in [1.807, 2.05) is 42.5 Å². The van der Waals surface area contributed by atoms with Crippen LogP contribution in [0.15, 0.2) is 103 Å². The van der Waals surface area contributed by atoms with Gasteiger partial charge in [0.1, 0.15) is 0 Å². The summed E-state index contributed by atoms with van der Waals surface area (Å²) in [6.45, 7) is 18.0. The zero-order valence-corrected chi connectivity index (χ0v) is 37.0. The fourth-order valence-electron chi connectivity index (χ4n) is 9.17. The number of likely N-dealkylation sites (tertiary alicyclic amines) is 2. The summed E-state index contributed by atoms with van der Waals surface area (Å²) in [6.07, 6.45) is 9.95. The van der Waals surface area contributed by atoms with Gasteiger partial charge in [-0.3, -0.25) is 29.2 Å². The minimum absolute atomic E-state index is 0.0865. The van der Waals surface area contributed by atoms with E-state index in [-0.39, 0.29) is 17.2 Å². The average Bonchev–Trinajstić information content (AvgIpc) is 4.16. The highest BCUT2D eigenvalue weighted by molar-refractivity contribution is 5.92. The van der Waals surface area contributed by atoms with Crippen LogP contribution in [0.3, 0.4) is 0 Å². The molecule has 0 spiro atoms. The number of aryl methyl sites for hydroxylation is 2. The minimum atomic E-state index is 0.0865. The van der Waals surface area contributed by atoms with Gasteiger partial charge >= 0.3 is 0 Å². The summed E-state index contributed by atoms with van der Waals surface area (Å²) in [5, 5.41) is 6.08. The highest BCUT2D eigenvalue weighted by atomic mass is 16.2. The predicted molar refractivity (Wildman–Crippen MR) is 247 cm³/mol. The predicted octanol–water partition coefficient (Wildman–Crippen LogP) is 9.42. The lowest BCUT2D eigenvalue weighted by Gasteiger charge is -2.38. The van der Waals surface area contributed by atoms with Crippen molar-refractivity contribution < 1.29 is 9.59 Å². The molecule has 8 rings (SSSR count). The van der Waals surface area contributed by atoms with Crippen LogP contribution in [0.25, 0.3) is 0 Å². The van der Waals surface area contributed by atoms with Crippen molar-refractivity contribution in [1.82, 2.24) is 19.6 Å². The summed E-state index contributed by atoms with van der Waals surface area (Å²) >= 11 is 0. The Hall–Kier alpha value is -4.34. The first-order valence-corrected chi connectivity index (χ1v) is 22.8. The summed E-state index contributed by atoms with van der Waals surface area (Å²) in [5.74, 6) is 0.175. The van der Waals surface area contributed by atoms with Gasteiger partial charge in [-0.15, -0.1) is 0 Å². The molecule has 4 aliphatic rings. The molecule has 2 aliphatic heterocycles. The van der Waals surface area contributed by atoms with Gasteiger partial charge in [0, 0.05) is 74.8 Å². The third-order valence-electron chi connectivity index (χ3n) is 12.8. The van der Waals surface area contributed by atoms with E-state index in [1.165, 1.54) is 53.5 Å². The number of anilines is 2. The molecule has 320 valence electrons. The lowest BCUT2D eigenvalue weighted by Crippen LogP contribution is -2.47. The van der Waals surface area contributed by atoms with Crippen LogP contribution < -0.4 is 10.6 Å². The van der Waals surface area contributed by atoms with E-state index in [1.54, 1.807) is 0 Å². The van der Waals surface area contributed by atoms with Crippen molar-refractivity contribution in [2.75, 3.05) is 49.9 Å². The number of nitrogens with one attached hydrogen (secondary N) is 2. The molecular formula is C52H70N6O2. The van der Waals surface area contributed by atoms with Crippen molar-refractivity contribution >= 4 is 23.2 Å². The molecular weight excluding hydrogens is 741 g/mol. The minimum Gasteiger partial charge on any atom is -0.325 e. The van der Waals surface area contributed by atoms with E-state index < -0.39 is 0 Å². The summed E-state index contributed by atoms with van der Waals surface area (Å²) in [4.78, 5) is 35.0. The second-order valence-electron chi connectivity index (χ2n) is 19.1. The number of nitrogens with zero attached hydrogens (tertiary/aromatic N) is 4. The Morgan fingerprint density at radius 2 is 0.933 bits per heavy atom. The number of piperidine rings is 2. The summed E-state index contributed by atoms with van der Waals surface area (Å²) < 4.78 is 0. The molecule has 8 nitrogen and oxygen atoms in total. The highest BCUT2D eigenvalue weighted by Crippen LogP contribution is 2.35. The number of carbonyl (C=O) groups excluding carboxylic acids is 2. The Bertz CT molecular complexity index is 1970. The molecule has 2 aliphatic carbocycles. The van der Waals surface area contributed by atoms with E-state index in [0.717, 1.165) is 88.4 Å². The summed E-state index contributed by atoms with van der Waals surface area (Å²) in [7, 11) is 0. The maximum absolute atomic E-state index is 12.6. The molecule has 0 aromatic heterocycles. The molecule has 0 radical (unpaired) electrons. The van der Waals surface area contributed by atoms with Gasteiger partial charge in [0.15, 0.2) is 0 Å². The molecule has 2 saturated carbocycles. The second kappa shape index (κ2) is 20.5. The van der Waals surface area contributed by atoms with Crippen LogP contribution >= 0.6 is 0 Å². The smallest absolute Gasteiger partial charge is 0.238 e. The van der Waals surface area contributed by atoms with Gasteiger partial charge in [-0.1, -0.05) is 111 Å². The zero-order chi connectivity index (χ0) is 42.1. The van der Waals surface area contributed by atoms with E-state index >= 15 is 0 Å². The van der Waals surface area contributed by atoms with E-state index in [2.05, 4.69) is 126 Å². The number of carbonyl (C=O) groups is 2. The fourth-order valence-corrected chi connectivity index (χ4v) is 9.17. The van der Waals surface area contributed by atoms with Gasteiger partial charge < -0.3 is 10.6 Å². The Labute approximate surface area is 360 Å². The number of amides is 2. The molecule has 2 amide bonds. The van der Waals surface area contributed by atoms with Crippen molar-refractivity contribution in [3.63, 3.8) is 0 Å². The van der Waals surface area contributed by atoms with Crippen molar-refractivity contribution in [2.24, 2.45) is 0 Å². The first kappa shape index (κ1) is 43.7. The molecule has 4 aromatic rings. The molecule has 2 heterocycles. The highest BCUT2D eigenvalue weighted by Gasteiger charge is 2.37. The average molecular weight is 811 g/mol. The third kappa shape index (κ3) is 13.3. The molecule has 0 unspecified atom stereocenters. The van der Waals surface area contributed by atoms with Crippen molar-refractivity contribution in [2.45, 2.75) is 129 Å². The lowest BCUT2D eigenvalue weighted by molar-refractivity contribution is -0.118. The van der Waals surface area contributed by atoms with Gasteiger partial charge in [0.05, 0.1) is 13.1 Å². The zero-order valence-electron chi connectivity index (χ0n) is 37.0. The number of para-hydroxylation sites is 1. The topological polar surface area (TPSA) is 71.2 Å². The number of hydrogen-bond acceptors (Lipinski definition) is 6. The Morgan fingerprint density at radius 3 is 1.32 bits per heavy atom. The quantitative estimate of drug-likeness (QED) is 0.132. The second-order valence-corrected chi connectivity index (χ2v) is 19.1. The van der Waals surface area contributed by atoms with Crippen LogP contribution in [0.1, 0.15) is 100.0 Å². The normalized spacial score (nSPS) is 18.2. The van der Waals surface area contributed by atoms with Crippen molar-refractivity contribution in [1.29, 1.82) is 0 Å². The number of benzene rings is 4. The Kier molecular flexibility index (Phi) is 14.9. The summed E-state index contributed by atoms with van der Waals surface area (Å²) in [5.41, 5.74) is 8.70. The molecule has 2 saturated heterocycles. The molecule has 8 heteroatoms. The maximum atomic E-state index is 12.6. The van der Waals surface area contributed by atoms with Crippen LogP contribution in [0, 0.1) is 13.8 Å². The summed E-state index contributed by atoms with van der Waals surface area (Å²) in [6, 6.07) is 38.6. The molecule has 60 heavy (non-hydrogen) atoms. The van der Waals surface area contributed by atoms with Gasteiger partial charge in [-0.2, -0.15) is 0 Å². The van der Waals surface area contributed by atoms with Gasteiger partial charge in [-0.05, 0) is 112 Å². The van der Waals surface area contributed by atoms with Crippen LogP contribution in [0.5, 0.6) is 0 Å². The molecule has 4 fully saturated rings. The van der Waals surface area contributed by atoms with Crippen LogP contribution in [0.4, 0.5) is 11.4 Å². The van der Waals surface area contributed by atoms with Gasteiger partial charge in [0.25, 0.3) is 0 Å². The molecule has 2 N–H and O–H groups in total. The van der Waals surface area contributed by atoms with Crippen LogP contribution in [-0.2, 0) is 28.1 Å². The van der Waals surface area contributed by atoms with E-state index in [0.29, 0.717) is 25.2 Å². The number of hydrogen-bond donors (Lipinski definition) is 2. The maximum Gasteiger partial charge on any atom is 0.238 e. The van der Waals surface area contributed by atoms with E-state index in [9.17, 15) is 9.59 Å². The van der Waals surface area contributed by atoms with Gasteiger partial charge in [-0.25, -0.2) is 0 Å². The largest absolute Gasteiger partial charge is 0.325 e. The first-order chi connectivity index (χ1) is 28.9. The van der Waals surface area contributed by atoms with Crippen LogP contribution in [0.2, 0.25) is 0 Å². The van der Waals surface area contributed by atoms with Crippen LogP contribution in [-0.4, -0.2) is 94.8 Å². The standard InChI is InChI=1S/C28H39N3O.C24H31N3O/c1-21-6-5-7-22(18-21)19-31(25-12-13-25)26-14-16-30(17-15-26)20-27(32)29-24-10-8-23(9-11-24)28(2,3)4;1-19-6-5-7-20(16-19)17-27(22-10-11-22)23-12-14-26(15-13-23)18-24(28)25-21-8-3-2-4-9-21/h5-11,18,25-26H,12-17,19-20H2,1-4H3,(H,29,32);2-9,16,22-23H,10-15,17-18H2,1H3,(H,25,28). The SMILES string of the molecule is Cc1cccc(CN(C2CC2)C2CCN(CC(=O)Nc3ccc(C(C)(C)C)cc3)CC2)c1.Cc1cccc(CN(C2CC2)C2CCN(CC(=O)Nc3ccccc3)CC2)c1. The van der Waals surface area contributed by atoms with Crippen molar-refractivity contribution in [3.8, 4) is 0 Å². The molecule has 0 atom stereocenters. The number of rotatable bonds is 14. The molecule has 0 bridgehead atoms. The monoisotopic (exact) mass is 811 g/mol. The van der Waals surface area contributed by atoms with Gasteiger partial charge in [0.2, 0.25) is 11.8 Å². The Morgan fingerprint density at radius 1 is 0.533 bits per heavy atom.